The van der Waals surface area contributed by atoms with E-state index in [1.807, 2.05) is 52.1 Å². The van der Waals surface area contributed by atoms with Crippen molar-refractivity contribution in [2.24, 2.45) is 0 Å². The van der Waals surface area contributed by atoms with Crippen LogP contribution in [0.5, 0.6) is 5.75 Å². The lowest BCUT2D eigenvalue weighted by atomic mass is 10.0. The lowest BCUT2D eigenvalue weighted by Crippen LogP contribution is -2.21. The summed E-state index contributed by atoms with van der Waals surface area (Å²) in [7, 11) is 1.92. The lowest BCUT2D eigenvalue weighted by molar-refractivity contribution is 0.238. The highest BCUT2D eigenvalue weighted by molar-refractivity contribution is 5.40. The van der Waals surface area contributed by atoms with Gasteiger partial charge in [0.15, 0.2) is 0 Å². The second-order valence-corrected chi connectivity index (χ2v) is 4.95. The molecule has 0 radical (unpaired) electrons. The molecule has 0 spiro atoms. The highest BCUT2D eigenvalue weighted by atomic mass is 16.5. The van der Waals surface area contributed by atoms with Crippen molar-refractivity contribution in [1.29, 1.82) is 0 Å². The van der Waals surface area contributed by atoms with Crippen molar-refractivity contribution in [1.82, 2.24) is 15.3 Å². The van der Waals surface area contributed by atoms with E-state index in [-0.39, 0.29) is 12.1 Å². The van der Waals surface area contributed by atoms with Crippen LogP contribution in [0.15, 0.2) is 36.5 Å². The van der Waals surface area contributed by atoms with Crippen molar-refractivity contribution in [3.63, 3.8) is 0 Å². The van der Waals surface area contributed by atoms with E-state index >= 15 is 0 Å². The van der Waals surface area contributed by atoms with E-state index in [0.717, 1.165) is 22.8 Å². The number of hydrogen-bond acceptors (Lipinski definition) is 4. The average Bonchev–Trinajstić information content (AvgIpc) is 2.41. The van der Waals surface area contributed by atoms with Gasteiger partial charge >= 0.3 is 0 Å². The molecule has 20 heavy (non-hydrogen) atoms. The fourth-order valence-corrected chi connectivity index (χ4v) is 2.18. The van der Waals surface area contributed by atoms with Crippen LogP contribution in [0.1, 0.15) is 37.0 Å². The molecule has 0 bridgehead atoms. The fourth-order valence-electron chi connectivity index (χ4n) is 2.18. The monoisotopic (exact) mass is 271 g/mol. The number of benzene rings is 1. The topological polar surface area (TPSA) is 47.0 Å². The zero-order valence-corrected chi connectivity index (χ0v) is 12.4. The molecule has 0 fully saturated rings. The van der Waals surface area contributed by atoms with Gasteiger partial charge in [-0.25, -0.2) is 9.97 Å². The number of nitrogens with zero attached hydrogens (tertiary/aromatic N) is 2. The van der Waals surface area contributed by atoms with Crippen LogP contribution < -0.4 is 10.1 Å². The van der Waals surface area contributed by atoms with Crippen LogP contribution in [-0.2, 0) is 0 Å². The molecule has 0 aliphatic carbocycles. The highest BCUT2D eigenvalue weighted by Crippen LogP contribution is 2.29. The Bertz CT molecular complexity index is 569. The first-order valence-corrected chi connectivity index (χ1v) is 6.84. The molecule has 1 unspecified atom stereocenters. The summed E-state index contributed by atoms with van der Waals surface area (Å²) in [5.74, 6) is 1.66. The molecular weight excluding hydrogens is 250 g/mol. The third kappa shape index (κ3) is 3.33. The van der Waals surface area contributed by atoms with E-state index in [0.29, 0.717) is 0 Å². The number of nitrogens with one attached hydrogen (secondary N) is 1. The molecule has 1 heterocycles. The highest BCUT2D eigenvalue weighted by Gasteiger charge is 2.18. The third-order valence-electron chi connectivity index (χ3n) is 2.97. The van der Waals surface area contributed by atoms with Gasteiger partial charge in [0.1, 0.15) is 11.6 Å². The van der Waals surface area contributed by atoms with Crippen LogP contribution in [0.2, 0.25) is 0 Å². The van der Waals surface area contributed by atoms with Crippen molar-refractivity contribution in [2.45, 2.75) is 32.9 Å². The van der Waals surface area contributed by atoms with Gasteiger partial charge in [-0.2, -0.15) is 0 Å². The fraction of sp³-hybridized carbons (Fsp3) is 0.375. The van der Waals surface area contributed by atoms with Crippen LogP contribution in [0.4, 0.5) is 0 Å². The Morgan fingerprint density at radius 3 is 2.55 bits per heavy atom. The Morgan fingerprint density at radius 2 is 1.90 bits per heavy atom. The Morgan fingerprint density at radius 1 is 1.15 bits per heavy atom. The van der Waals surface area contributed by atoms with Crippen molar-refractivity contribution in [3.8, 4) is 5.75 Å². The van der Waals surface area contributed by atoms with Crippen molar-refractivity contribution < 1.29 is 4.74 Å². The molecule has 2 rings (SSSR count). The molecule has 1 atom stereocenters. The van der Waals surface area contributed by atoms with E-state index < -0.39 is 0 Å². The first-order valence-electron chi connectivity index (χ1n) is 6.84. The lowest BCUT2D eigenvalue weighted by Gasteiger charge is -2.21. The molecule has 0 saturated heterocycles. The Hall–Kier alpha value is -1.94. The summed E-state index contributed by atoms with van der Waals surface area (Å²) in [6, 6.07) is 9.98. The third-order valence-corrected chi connectivity index (χ3v) is 2.97. The molecule has 1 aromatic carbocycles. The van der Waals surface area contributed by atoms with Gasteiger partial charge in [-0.15, -0.1) is 0 Å². The van der Waals surface area contributed by atoms with Crippen molar-refractivity contribution in [3.05, 3.63) is 53.6 Å². The van der Waals surface area contributed by atoms with Crippen LogP contribution >= 0.6 is 0 Å². The standard InChI is InChI=1S/C16H21N3O/c1-11(2)20-15-8-6-5-7-13(15)16(17-4)14-9-10-18-12(3)19-14/h5-11,16-17H,1-4H3. The van der Waals surface area contributed by atoms with E-state index in [4.69, 9.17) is 4.74 Å². The van der Waals surface area contributed by atoms with Gasteiger partial charge in [-0.05, 0) is 40.0 Å². The normalized spacial score (nSPS) is 12.4. The van der Waals surface area contributed by atoms with Gasteiger partial charge in [0, 0.05) is 11.8 Å². The van der Waals surface area contributed by atoms with E-state index in [9.17, 15) is 0 Å². The molecule has 4 heteroatoms. The molecular formula is C16H21N3O. The second-order valence-electron chi connectivity index (χ2n) is 4.95. The zero-order valence-electron chi connectivity index (χ0n) is 12.4. The summed E-state index contributed by atoms with van der Waals surface area (Å²) < 4.78 is 5.90. The zero-order chi connectivity index (χ0) is 14.5. The summed E-state index contributed by atoms with van der Waals surface area (Å²) in [5.41, 5.74) is 2.03. The molecule has 0 amide bonds. The number of rotatable bonds is 5. The van der Waals surface area contributed by atoms with Gasteiger partial charge in [0.2, 0.25) is 0 Å². The van der Waals surface area contributed by atoms with Gasteiger partial charge in [-0.1, -0.05) is 18.2 Å². The van der Waals surface area contributed by atoms with Gasteiger partial charge in [-0.3, -0.25) is 0 Å². The van der Waals surface area contributed by atoms with E-state index in [1.165, 1.54) is 0 Å². The van der Waals surface area contributed by atoms with Crippen molar-refractivity contribution in [2.75, 3.05) is 7.05 Å². The van der Waals surface area contributed by atoms with Gasteiger partial charge < -0.3 is 10.1 Å². The molecule has 0 aliphatic heterocycles. The number of aromatic nitrogens is 2. The summed E-state index contributed by atoms with van der Waals surface area (Å²) in [6.07, 6.45) is 1.93. The summed E-state index contributed by atoms with van der Waals surface area (Å²) in [5, 5.41) is 3.31. The second kappa shape index (κ2) is 6.48. The van der Waals surface area contributed by atoms with Gasteiger partial charge in [0.05, 0.1) is 17.8 Å². The van der Waals surface area contributed by atoms with E-state index in [2.05, 4.69) is 21.4 Å². The predicted molar refractivity (Wildman–Crippen MR) is 79.9 cm³/mol. The number of aryl methyl sites for hydroxylation is 1. The van der Waals surface area contributed by atoms with Crippen LogP contribution in [0.3, 0.4) is 0 Å². The molecule has 1 aromatic heterocycles. The number of hydrogen-bond donors (Lipinski definition) is 1. The summed E-state index contributed by atoms with van der Waals surface area (Å²) in [6.45, 7) is 5.95. The molecule has 2 aromatic rings. The minimum atomic E-state index is -0.00773. The quantitative estimate of drug-likeness (QED) is 0.908. The first kappa shape index (κ1) is 14.5. The minimum Gasteiger partial charge on any atom is -0.491 e. The molecule has 0 saturated carbocycles. The van der Waals surface area contributed by atoms with Gasteiger partial charge in [0.25, 0.3) is 0 Å². The number of para-hydroxylation sites is 1. The Balaban J connectivity index is 2.41. The maximum Gasteiger partial charge on any atom is 0.125 e. The maximum atomic E-state index is 5.90. The predicted octanol–water partition coefficient (Wildman–Crippen LogP) is 2.88. The maximum absolute atomic E-state index is 5.90. The summed E-state index contributed by atoms with van der Waals surface area (Å²) in [4.78, 5) is 8.66. The number of ether oxygens (including phenoxy) is 1. The molecule has 4 nitrogen and oxygen atoms in total. The average molecular weight is 271 g/mol. The largest absolute Gasteiger partial charge is 0.491 e. The molecule has 0 aliphatic rings. The molecule has 106 valence electrons. The summed E-state index contributed by atoms with van der Waals surface area (Å²) >= 11 is 0. The van der Waals surface area contributed by atoms with Crippen molar-refractivity contribution >= 4 is 0 Å². The SMILES string of the molecule is CNC(c1ccnc(C)n1)c1ccccc1OC(C)C. The molecule has 1 N–H and O–H groups in total. The van der Waals surface area contributed by atoms with E-state index in [1.54, 1.807) is 6.20 Å². The smallest absolute Gasteiger partial charge is 0.125 e. The van der Waals surface area contributed by atoms with Crippen LogP contribution in [0, 0.1) is 6.92 Å². The Kier molecular flexibility index (Phi) is 4.69. The van der Waals surface area contributed by atoms with Crippen LogP contribution in [0.25, 0.3) is 0 Å². The first-order chi connectivity index (χ1) is 9.61. The minimum absolute atomic E-state index is 0.00773. The Labute approximate surface area is 120 Å². The van der Waals surface area contributed by atoms with Crippen LogP contribution in [-0.4, -0.2) is 23.1 Å².